The van der Waals surface area contributed by atoms with Gasteiger partial charge in [0.05, 0.1) is 0 Å². The highest BCUT2D eigenvalue weighted by molar-refractivity contribution is 5.00. The summed E-state index contributed by atoms with van der Waals surface area (Å²) in [5.41, 5.74) is 0.427. The van der Waals surface area contributed by atoms with Gasteiger partial charge >= 0.3 is 0 Å². The van der Waals surface area contributed by atoms with Gasteiger partial charge in [0.2, 0.25) is 0 Å². The molecule has 2 rings (SSSR count). The molecule has 1 N–H and O–H groups in total. The summed E-state index contributed by atoms with van der Waals surface area (Å²) in [5, 5.41) is 3.91. The van der Waals surface area contributed by atoms with E-state index in [1.807, 2.05) is 0 Å². The van der Waals surface area contributed by atoms with Gasteiger partial charge in [0.1, 0.15) is 0 Å². The minimum atomic E-state index is 0.427. The smallest absolute Gasteiger partial charge is 0.0474 e. The van der Waals surface area contributed by atoms with E-state index in [1.165, 1.54) is 51.7 Å². The summed E-state index contributed by atoms with van der Waals surface area (Å²) < 4.78 is 5.22. The standard InChI is InChI=1S/C16H32N2O/c1-14(2)15-12-17-16(8-5-4-6-9-16)13-18(15)10-7-11-19-3/h14-15,17H,4-13H2,1-3H3. The largest absolute Gasteiger partial charge is 0.385 e. The average Bonchev–Trinajstić information content (AvgIpc) is 2.40. The second-order valence-electron chi connectivity index (χ2n) is 6.85. The topological polar surface area (TPSA) is 24.5 Å². The molecule has 3 nitrogen and oxygen atoms in total. The Morgan fingerprint density at radius 3 is 2.63 bits per heavy atom. The summed E-state index contributed by atoms with van der Waals surface area (Å²) in [6.07, 6.45) is 8.16. The van der Waals surface area contributed by atoms with Crippen LogP contribution in [-0.2, 0) is 4.74 Å². The molecule has 19 heavy (non-hydrogen) atoms. The SMILES string of the molecule is COCCCN1CC2(CCCCC2)NCC1C(C)C. The molecule has 2 fully saturated rings. The van der Waals surface area contributed by atoms with E-state index < -0.39 is 0 Å². The lowest BCUT2D eigenvalue weighted by Crippen LogP contribution is -2.65. The molecule has 1 saturated carbocycles. The van der Waals surface area contributed by atoms with E-state index >= 15 is 0 Å². The molecule has 0 bridgehead atoms. The van der Waals surface area contributed by atoms with Gasteiger partial charge in [-0.3, -0.25) is 4.90 Å². The summed E-state index contributed by atoms with van der Waals surface area (Å²) in [7, 11) is 1.81. The van der Waals surface area contributed by atoms with E-state index in [0.29, 0.717) is 11.6 Å². The van der Waals surface area contributed by atoms with Gasteiger partial charge in [0.25, 0.3) is 0 Å². The zero-order valence-electron chi connectivity index (χ0n) is 13.1. The highest BCUT2D eigenvalue weighted by Gasteiger charge is 2.40. The first-order valence-corrected chi connectivity index (χ1v) is 8.15. The highest BCUT2D eigenvalue weighted by atomic mass is 16.5. The molecule has 0 aromatic carbocycles. The molecule has 112 valence electrons. The number of nitrogens with zero attached hydrogens (tertiary/aromatic N) is 1. The molecule has 0 aromatic rings. The number of piperazine rings is 1. The van der Waals surface area contributed by atoms with Crippen molar-refractivity contribution in [3.63, 3.8) is 0 Å². The van der Waals surface area contributed by atoms with E-state index in [4.69, 9.17) is 4.74 Å². The van der Waals surface area contributed by atoms with Crippen LogP contribution in [0.4, 0.5) is 0 Å². The molecule has 1 aliphatic carbocycles. The Morgan fingerprint density at radius 2 is 2.00 bits per heavy atom. The quantitative estimate of drug-likeness (QED) is 0.776. The maximum Gasteiger partial charge on any atom is 0.0474 e. The predicted molar refractivity (Wildman–Crippen MR) is 80.5 cm³/mol. The van der Waals surface area contributed by atoms with Crippen LogP contribution in [0.5, 0.6) is 0 Å². The number of methoxy groups -OCH3 is 1. The van der Waals surface area contributed by atoms with Crippen LogP contribution in [0.1, 0.15) is 52.4 Å². The average molecular weight is 268 g/mol. The zero-order valence-corrected chi connectivity index (χ0v) is 13.1. The van der Waals surface area contributed by atoms with E-state index in [2.05, 4.69) is 24.1 Å². The van der Waals surface area contributed by atoms with Crippen molar-refractivity contribution in [2.45, 2.75) is 64.0 Å². The van der Waals surface area contributed by atoms with Gasteiger partial charge in [0.15, 0.2) is 0 Å². The Bertz CT molecular complexity index is 261. The molecule has 0 amide bonds. The van der Waals surface area contributed by atoms with Crippen molar-refractivity contribution < 1.29 is 4.74 Å². The summed E-state index contributed by atoms with van der Waals surface area (Å²) in [4.78, 5) is 2.74. The Labute approximate surface area is 119 Å². The Balaban J connectivity index is 1.95. The fraction of sp³-hybridized carbons (Fsp3) is 1.00. The molecular weight excluding hydrogens is 236 g/mol. The third-order valence-corrected chi connectivity index (χ3v) is 5.03. The van der Waals surface area contributed by atoms with Gasteiger partial charge in [-0.15, -0.1) is 0 Å². The molecule has 0 aromatic heterocycles. The molecule has 1 unspecified atom stereocenters. The van der Waals surface area contributed by atoms with Crippen molar-refractivity contribution in [1.82, 2.24) is 10.2 Å². The molecule has 0 radical (unpaired) electrons. The van der Waals surface area contributed by atoms with Crippen LogP contribution < -0.4 is 5.32 Å². The van der Waals surface area contributed by atoms with Crippen molar-refractivity contribution in [2.24, 2.45) is 5.92 Å². The second kappa shape index (κ2) is 7.05. The number of hydrogen-bond donors (Lipinski definition) is 1. The molecule has 1 saturated heterocycles. The lowest BCUT2D eigenvalue weighted by molar-refractivity contribution is 0.0309. The van der Waals surface area contributed by atoms with E-state index in [1.54, 1.807) is 7.11 Å². The summed E-state index contributed by atoms with van der Waals surface area (Å²) in [5.74, 6) is 0.732. The maximum absolute atomic E-state index is 5.22. The van der Waals surface area contributed by atoms with E-state index in [0.717, 1.165) is 18.9 Å². The first kappa shape index (κ1) is 15.3. The number of ether oxygens (including phenoxy) is 1. The van der Waals surface area contributed by atoms with E-state index in [9.17, 15) is 0 Å². The van der Waals surface area contributed by atoms with Crippen LogP contribution in [0.25, 0.3) is 0 Å². The second-order valence-corrected chi connectivity index (χ2v) is 6.85. The first-order valence-electron chi connectivity index (χ1n) is 8.15. The third-order valence-electron chi connectivity index (χ3n) is 5.03. The van der Waals surface area contributed by atoms with Crippen LogP contribution in [0.15, 0.2) is 0 Å². The molecule has 1 spiro atoms. The van der Waals surface area contributed by atoms with Gasteiger partial charge in [-0.05, 0) is 25.2 Å². The molecule has 1 atom stereocenters. The van der Waals surface area contributed by atoms with Crippen molar-refractivity contribution in [3.8, 4) is 0 Å². The maximum atomic E-state index is 5.22. The van der Waals surface area contributed by atoms with Crippen LogP contribution in [0.3, 0.4) is 0 Å². The zero-order chi connectivity index (χ0) is 13.7. The Morgan fingerprint density at radius 1 is 1.26 bits per heavy atom. The van der Waals surface area contributed by atoms with Crippen LogP contribution in [-0.4, -0.2) is 49.8 Å². The van der Waals surface area contributed by atoms with Crippen LogP contribution in [0, 0.1) is 5.92 Å². The van der Waals surface area contributed by atoms with Gasteiger partial charge < -0.3 is 10.1 Å². The molecule has 3 heteroatoms. The van der Waals surface area contributed by atoms with E-state index in [-0.39, 0.29) is 0 Å². The molecule has 1 aliphatic heterocycles. The number of hydrogen-bond acceptors (Lipinski definition) is 3. The monoisotopic (exact) mass is 268 g/mol. The number of rotatable bonds is 5. The van der Waals surface area contributed by atoms with Crippen LogP contribution in [0.2, 0.25) is 0 Å². The predicted octanol–water partition coefficient (Wildman–Crippen LogP) is 2.66. The lowest BCUT2D eigenvalue weighted by atomic mass is 9.78. The minimum absolute atomic E-state index is 0.427. The van der Waals surface area contributed by atoms with Crippen molar-refractivity contribution >= 4 is 0 Å². The summed E-state index contributed by atoms with van der Waals surface area (Å²) in [6.45, 7) is 9.22. The van der Waals surface area contributed by atoms with Gasteiger partial charge in [-0.1, -0.05) is 33.1 Å². The van der Waals surface area contributed by atoms with Crippen LogP contribution >= 0.6 is 0 Å². The first-order chi connectivity index (χ1) is 9.17. The Kier molecular flexibility index (Phi) is 5.67. The molecular formula is C16H32N2O. The van der Waals surface area contributed by atoms with Gasteiger partial charge in [0, 0.05) is 44.9 Å². The van der Waals surface area contributed by atoms with Crippen molar-refractivity contribution in [1.29, 1.82) is 0 Å². The normalized spacial score (nSPS) is 28.1. The highest BCUT2D eigenvalue weighted by Crippen LogP contribution is 2.33. The van der Waals surface area contributed by atoms with Crippen molar-refractivity contribution in [3.05, 3.63) is 0 Å². The van der Waals surface area contributed by atoms with Gasteiger partial charge in [-0.25, -0.2) is 0 Å². The lowest BCUT2D eigenvalue weighted by Gasteiger charge is -2.51. The summed E-state index contributed by atoms with van der Waals surface area (Å²) in [6, 6.07) is 0.699. The summed E-state index contributed by atoms with van der Waals surface area (Å²) >= 11 is 0. The van der Waals surface area contributed by atoms with Gasteiger partial charge in [-0.2, -0.15) is 0 Å². The fourth-order valence-electron chi connectivity index (χ4n) is 3.89. The van der Waals surface area contributed by atoms with Crippen molar-refractivity contribution in [2.75, 3.05) is 33.4 Å². The molecule has 1 heterocycles. The third kappa shape index (κ3) is 3.93. The molecule has 2 aliphatic rings. The minimum Gasteiger partial charge on any atom is -0.385 e. The Hall–Kier alpha value is -0.120. The fourth-order valence-corrected chi connectivity index (χ4v) is 3.89. The number of nitrogens with one attached hydrogen (secondary N) is 1.